The number of H-pyrrole nitrogens is 1. The van der Waals surface area contributed by atoms with Crippen LogP contribution in [0.25, 0.3) is 0 Å². The number of nitrogen functional groups attached to an aromatic ring is 1. The number of hydrogen-bond donors (Lipinski definition) is 2. The number of imidazole rings is 1. The molecule has 0 atom stereocenters. The summed E-state index contributed by atoms with van der Waals surface area (Å²) in [5.74, 6) is 0.230. The second-order valence-electron chi connectivity index (χ2n) is 2.15. The minimum absolute atomic E-state index is 0.0644. The number of carbonyl (C=O) groups excluding carboxylic acids is 1. The van der Waals surface area contributed by atoms with Crippen LogP contribution in [0.1, 0.15) is 37.0 Å². The number of aromatic amines is 1. The fourth-order valence-electron chi connectivity index (χ4n) is 0.826. The van der Waals surface area contributed by atoms with Crippen molar-refractivity contribution in [3.8, 4) is 0 Å². The molecule has 4 heteroatoms. The van der Waals surface area contributed by atoms with E-state index in [1.54, 1.807) is 6.92 Å². The zero-order valence-electron chi connectivity index (χ0n) is 7.93. The van der Waals surface area contributed by atoms with Gasteiger partial charge in [0.2, 0.25) is 0 Å². The van der Waals surface area contributed by atoms with E-state index in [0.717, 1.165) is 5.69 Å². The summed E-state index contributed by atoms with van der Waals surface area (Å²) >= 11 is 0. The number of anilines is 1. The summed E-state index contributed by atoms with van der Waals surface area (Å²) < 4.78 is 0. The first-order valence-electron chi connectivity index (χ1n) is 3.94. The number of rotatable bonds is 1. The zero-order valence-corrected chi connectivity index (χ0v) is 7.93. The summed E-state index contributed by atoms with van der Waals surface area (Å²) in [6, 6.07) is 0. The van der Waals surface area contributed by atoms with Crippen molar-refractivity contribution >= 4 is 11.7 Å². The molecule has 12 heavy (non-hydrogen) atoms. The van der Waals surface area contributed by atoms with Crippen LogP contribution >= 0.6 is 0 Å². The predicted octanol–water partition coefficient (Wildman–Crippen LogP) is 1.53. The Morgan fingerprint density at radius 1 is 1.50 bits per heavy atom. The number of aromatic nitrogens is 2. The van der Waals surface area contributed by atoms with Crippen LogP contribution in [-0.4, -0.2) is 15.8 Å². The van der Waals surface area contributed by atoms with Crippen LogP contribution in [0.15, 0.2) is 0 Å². The van der Waals surface area contributed by atoms with Crippen molar-refractivity contribution < 1.29 is 4.79 Å². The van der Waals surface area contributed by atoms with Crippen molar-refractivity contribution in [1.29, 1.82) is 0 Å². The topological polar surface area (TPSA) is 71.8 Å². The summed E-state index contributed by atoms with van der Waals surface area (Å²) in [5, 5.41) is 0. The van der Waals surface area contributed by atoms with Crippen LogP contribution < -0.4 is 5.73 Å². The molecule has 0 aliphatic rings. The van der Waals surface area contributed by atoms with E-state index in [2.05, 4.69) is 9.97 Å². The third-order valence-electron chi connectivity index (χ3n) is 1.24. The second-order valence-corrected chi connectivity index (χ2v) is 2.15. The second kappa shape index (κ2) is 4.54. The molecule has 0 aliphatic heterocycles. The molecule has 0 saturated carbocycles. The zero-order chi connectivity index (χ0) is 9.72. The summed E-state index contributed by atoms with van der Waals surface area (Å²) in [4.78, 5) is 17.3. The Bertz CT molecular complexity index is 265. The Hall–Kier alpha value is -1.32. The number of Topliss-reactive ketones (excluding diaryl/α,β-unsaturated/α-hetero) is 1. The molecule has 0 amide bonds. The van der Waals surface area contributed by atoms with Crippen LogP contribution in [0.3, 0.4) is 0 Å². The number of nitrogens with zero attached hydrogens (tertiary/aromatic N) is 1. The smallest absolute Gasteiger partial charge is 0.198 e. The molecule has 1 aromatic heterocycles. The molecule has 1 heterocycles. The van der Waals surface area contributed by atoms with Gasteiger partial charge in [0.15, 0.2) is 11.7 Å². The molecule has 68 valence electrons. The molecule has 0 spiro atoms. The maximum Gasteiger partial charge on any atom is 0.198 e. The van der Waals surface area contributed by atoms with E-state index < -0.39 is 0 Å². The van der Waals surface area contributed by atoms with Gasteiger partial charge in [-0.05, 0) is 6.92 Å². The van der Waals surface area contributed by atoms with Crippen LogP contribution in [0, 0.1) is 6.92 Å². The molecular formula is C8H15N3O. The molecule has 0 saturated heterocycles. The molecule has 0 radical (unpaired) electrons. The maximum absolute atomic E-state index is 10.7. The molecule has 1 aromatic rings. The molecule has 0 aliphatic carbocycles. The summed E-state index contributed by atoms with van der Waals surface area (Å²) in [5.41, 5.74) is 6.45. The number of aryl methyl sites for hydroxylation is 1. The van der Waals surface area contributed by atoms with Crippen molar-refractivity contribution in [2.24, 2.45) is 0 Å². The standard InChI is InChI=1S/C6H9N3O.C2H6/c1-3-5(4(2)10)9-6(7)8-3;1-2/h1-2H3,(H3,7,8,9);1-2H3. The first-order valence-corrected chi connectivity index (χ1v) is 3.94. The highest BCUT2D eigenvalue weighted by atomic mass is 16.1. The van der Waals surface area contributed by atoms with E-state index in [1.165, 1.54) is 6.92 Å². The number of nitrogens with one attached hydrogen (secondary N) is 1. The lowest BCUT2D eigenvalue weighted by Crippen LogP contribution is -1.94. The lowest BCUT2D eigenvalue weighted by molar-refractivity contribution is 0.101. The number of carbonyl (C=O) groups is 1. The Balaban J connectivity index is 0.000000561. The van der Waals surface area contributed by atoms with Gasteiger partial charge in [-0.3, -0.25) is 4.79 Å². The van der Waals surface area contributed by atoms with E-state index in [-0.39, 0.29) is 5.78 Å². The van der Waals surface area contributed by atoms with Crippen LogP contribution in [0.5, 0.6) is 0 Å². The van der Waals surface area contributed by atoms with Crippen LogP contribution in [0.2, 0.25) is 0 Å². The molecule has 0 fully saturated rings. The molecular weight excluding hydrogens is 154 g/mol. The van der Waals surface area contributed by atoms with Crippen molar-refractivity contribution in [2.75, 3.05) is 5.73 Å². The largest absolute Gasteiger partial charge is 0.369 e. The van der Waals surface area contributed by atoms with Gasteiger partial charge in [0, 0.05) is 12.6 Å². The minimum atomic E-state index is -0.0644. The third-order valence-corrected chi connectivity index (χ3v) is 1.24. The Morgan fingerprint density at radius 3 is 2.17 bits per heavy atom. The van der Waals surface area contributed by atoms with E-state index >= 15 is 0 Å². The van der Waals surface area contributed by atoms with E-state index in [0.29, 0.717) is 11.6 Å². The number of hydrogen-bond acceptors (Lipinski definition) is 3. The van der Waals surface area contributed by atoms with Crippen LogP contribution in [0.4, 0.5) is 5.95 Å². The van der Waals surface area contributed by atoms with Gasteiger partial charge < -0.3 is 10.7 Å². The molecule has 0 bridgehead atoms. The van der Waals surface area contributed by atoms with Crippen LogP contribution in [-0.2, 0) is 0 Å². The normalized spacial score (nSPS) is 8.67. The summed E-state index contributed by atoms with van der Waals surface area (Å²) in [6.45, 7) is 7.22. The first kappa shape index (κ1) is 10.7. The molecule has 0 aromatic carbocycles. The number of ketones is 1. The lowest BCUT2D eigenvalue weighted by Gasteiger charge is -1.85. The van der Waals surface area contributed by atoms with E-state index in [4.69, 9.17) is 5.73 Å². The fourth-order valence-corrected chi connectivity index (χ4v) is 0.826. The average Bonchev–Trinajstić information content (AvgIpc) is 2.34. The highest BCUT2D eigenvalue weighted by Crippen LogP contribution is 2.05. The van der Waals surface area contributed by atoms with Gasteiger partial charge in [-0.25, -0.2) is 4.98 Å². The number of nitrogens with two attached hydrogens (primary N) is 1. The Morgan fingerprint density at radius 2 is 2.00 bits per heavy atom. The van der Waals surface area contributed by atoms with Gasteiger partial charge in [-0.15, -0.1) is 0 Å². The summed E-state index contributed by atoms with van der Waals surface area (Å²) in [6.07, 6.45) is 0. The van der Waals surface area contributed by atoms with Gasteiger partial charge in [0.1, 0.15) is 5.69 Å². The van der Waals surface area contributed by atoms with Gasteiger partial charge in [0.05, 0.1) is 0 Å². The molecule has 0 unspecified atom stereocenters. The van der Waals surface area contributed by atoms with E-state index in [1.807, 2.05) is 13.8 Å². The van der Waals surface area contributed by atoms with Gasteiger partial charge >= 0.3 is 0 Å². The Kier molecular flexibility index (Phi) is 4.04. The maximum atomic E-state index is 10.7. The predicted molar refractivity (Wildman–Crippen MR) is 49.1 cm³/mol. The van der Waals surface area contributed by atoms with Gasteiger partial charge in [0.25, 0.3) is 0 Å². The highest BCUT2D eigenvalue weighted by molar-refractivity contribution is 5.93. The fraction of sp³-hybridized carbons (Fsp3) is 0.500. The third kappa shape index (κ3) is 2.38. The first-order chi connectivity index (χ1) is 5.61. The Labute approximate surface area is 72.2 Å². The van der Waals surface area contributed by atoms with Crippen molar-refractivity contribution in [2.45, 2.75) is 27.7 Å². The molecule has 1 rings (SSSR count). The van der Waals surface area contributed by atoms with Crippen molar-refractivity contribution in [3.63, 3.8) is 0 Å². The molecule has 3 N–H and O–H groups in total. The monoisotopic (exact) mass is 169 g/mol. The average molecular weight is 169 g/mol. The van der Waals surface area contributed by atoms with Crippen molar-refractivity contribution in [3.05, 3.63) is 11.4 Å². The van der Waals surface area contributed by atoms with Crippen molar-refractivity contribution in [1.82, 2.24) is 9.97 Å². The SMILES string of the molecule is CC.CC(=O)c1nc(N)[nH]c1C. The van der Waals surface area contributed by atoms with E-state index in [9.17, 15) is 4.79 Å². The molecule has 4 nitrogen and oxygen atoms in total. The summed E-state index contributed by atoms with van der Waals surface area (Å²) in [7, 11) is 0. The quantitative estimate of drug-likeness (QED) is 0.626. The van der Waals surface area contributed by atoms with Gasteiger partial charge in [-0.1, -0.05) is 13.8 Å². The minimum Gasteiger partial charge on any atom is -0.369 e. The van der Waals surface area contributed by atoms with Gasteiger partial charge in [-0.2, -0.15) is 0 Å². The highest BCUT2D eigenvalue weighted by Gasteiger charge is 2.07. The lowest BCUT2D eigenvalue weighted by atomic mass is 10.3.